The molecule has 0 amide bonds. The Kier molecular flexibility index (Phi) is 4.57. The Morgan fingerprint density at radius 1 is 1.48 bits per heavy atom. The molecule has 0 bridgehead atoms. The van der Waals surface area contributed by atoms with E-state index < -0.39 is 11.8 Å². The van der Waals surface area contributed by atoms with Gasteiger partial charge in [-0.05, 0) is 30.5 Å². The van der Waals surface area contributed by atoms with Crippen LogP contribution in [0.3, 0.4) is 0 Å². The number of ether oxygens (including phenoxy) is 1. The van der Waals surface area contributed by atoms with Crippen molar-refractivity contribution in [3.8, 4) is 16.3 Å². The first-order valence-electron chi connectivity index (χ1n) is 6.49. The van der Waals surface area contributed by atoms with Crippen molar-refractivity contribution in [1.29, 1.82) is 0 Å². The maximum atomic E-state index is 13.4. The summed E-state index contributed by atoms with van der Waals surface area (Å²) in [5.74, 6) is -1.02. The molecule has 0 unspecified atom stereocenters. The lowest BCUT2D eigenvalue weighted by atomic mass is 10.1. The van der Waals surface area contributed by atoms with Crippen LogP contribution in [-0.4, -0.2) is 23.2 Å². The minimum Gasteiger partial charge on any atom is -0.494 e. The van der Waals surface area contributed by atoms with Crippen LogP contribution in [0.2, 0.25) is 0 Å². The van der Waals surface area contributed by atoms with Crippen molar-refractivity contribution >= 4 is 17.3 Å². The van der Waals surface area contributed by atoms with Crippen LogP contribution < -0.4 is 4.74 Å². The highest BCUT2D eigenvalue weighted by Crippen LogP contribution is 2.32. The van der Waals surface area contributed by atoms with Gasteiger partial charge in [-0.1, -0.05) is 13.8 Å². The van der Waals surface area contributed by atoms with Crippen molar-refractivity contribution in [3.05, 3.63) is 34.6 Å². The number of carboxylic acids is 1. The molecular weight excluding hydrogens is 293 g/mol. The number of benzene rings is 1. The van der Waals surface area contributed by atoms with Gasteiger partial charge < -0.3 is 9.84 Å². The number of nitrogens with zero attached hydrogens (tertiary/aromatic N) is 1. The molecular formula is C15H16FNO3S. The van der Waals surface area contributed by atoms with E-state index in [2.05, 4.69) is 4.98 Å². The predicted molar refractivity (Wildman–Crippen MR) is 79.6 cm³/mol. The summed E-state index contributed by atoms with van der Waals surface area (Å²) in [5.41, 5.74) is 1.22. The third kappa shape index (κ3) is 3.39. The second-order valence-corrected chi connectivity index (χ2v) is 6.05. The smallest absolute Gasteiger partial charge is 0.347 e. The minimum absolute atomic E-state index is 0.116. The first-order valence-corrected chi connectivity index (χ1v) is 7.31. The lowest BCUT2D eigenvalue weighted by molar-refractivity contribution is 0.0700. The number of hydrogen-bond donors (Lipinski definition) is 1. The fourth-order valence-electron chi connectivity index (χ4n) is 1.96. The molecule has 0 saturated heterocycles. The molecule has 1 N–H and O–H groups in total. The van der Waals surface area contributed by atoms with Crippen LogP contribution in [0.15, 0.2) is 18.2 Å². The number of methoxy groups -OCH3 is 1. The molecule has 0 aliphatic carbocycles. The van der Waals surface area contributed by atoms with E-state index in [0.717, 1.165) is 11.3 Å². The summed E-state index contributed by atoms with van der Waals surface area (Å²) < 4.78 is 18.4. The first kappa shape index (κ1) is 15.4. The fraction of sp³-hybridized carbons (Fsp3) is 0.333. The summed E-state index contributed by atoms with van der Waals surface area (Å²) in [6, 6.07) is 4.39. The number of carbonyl (C=O) groups is 1. The SMILES string of the molecule is COc1cc(-c2nc(CC(C)C)c(C(=O)O)s2)ccc1F. The number of halogens is 1. The predicted octanol–water partition coefficient (Wildman–Crippen LogP) is 3.85. The Labute approximate surface area is 126 Å². The van der Waals surface area contributed by atoms with E-state index in [1.807, 2.05) is 13.8 Å². The third-order valence-electron chi connectivity index (χ3n) is 2.89. The van der Waals surface area contributed by atoms with Crippen molar-refractivity contribution < 1.29 is 19.0 Å². The molecule has 6 heteroatoms. The number of aromatic nitrogens is 1. The van der Waals surface area contributed by atoms with Gasteiger partial charge in [0.2, 0.25) is 0 Å². The number of rotatable bonds is 5. The van der Waals surface area contributed by atoms with Gasteiger partial charge >= 0.3 is 5.97 Å². The standard InChI is InChI=1S/C15H16FNO3S/c1-8(2)6-11-13(15(18)19)21-14(17-11)9-4-5-10(16)12(7-9)20-3/h4-5,7-8H,6H2,1-3H3,(H,18,19). The molecule has 0 fully saturated rings. The van der Waals surface area contributed by atoms with E-state index in [9.17, 15) is 14.3 Å². The number of thiazole rings is 1. The zero-order valence-corrected chi connectivity index (χ0v) is 12.8. The highest BCUT2D eigenvalue weighted by Gasteiger charge is 2.19. The molecule has 1 aromatic carbocycles. The summed E-state index contributed by atoms with van der Waals surface area (Å²) in [5, 5.41) is 9.83. The Hall–Kier alpha value is -1.95. The van der Waals surface area contributed by atoms with Crippen molar-refractivity contribution in [2.45, 2.75) is 20.3 Å². The van der Waals surface area contributed by atoms with Crippen LogP contribution in [0, 0.1) is 11.7 Å². The van der Waals surface area contributed by atoms with Crippen LogP contribution in [-0.2, 0) is 6.42 Å². The Balaban J connectivity index is 2.47. The molecule has 21 heavy (non-hydrogen) atoms. The summed E-state index contributed by atoms with van der Waals surface area (Å²) in [6.45, 7) is 4.01. The van der Waals surface area contributed by atoms with Crippen molar-refractivity contribution in [3.63, 3.8) is 0 Å². The molecule has 0 saturated carbocycles. The van der Waals surface area contributed by atoms with Gasteiger partial charge in [0.15, 0.2) is 11.6 Å². The molecule has 0 spiro atoms. The molecule has 4 nitrogen and oxygen atoms in total. The summed E-state index contributed by atoms with van der Waals surface area (Å²) in [4.78, 5) is 16.0. The van der Waals surface area contributed by atoms with Gasteiger partial charge in [0.1, 0.15) is 9.88 Å². The number of carboxylic acid groups (broad SMARTS) is 1. The van der Waals surface area contributed by atoms with E-state index in [0.29, 0.717) is 28.6 Å². The normalized spacial score (nSPS) is 10.9. The van der Waals surface area contributed by atoms with Gasteiger partial charge in [-0.3, -0.25) is 0 Å². The average Bonchev–Trinajstić information content (AvgIpc) is 2.82. The van der Waals surface area contributed by atoms with Gasteiger partial charge in [-0.25, -0.2) is 14.2 Å². The first-order chi connectivity index (χ1) is 9.92. The Morgan fingerprint density at radius 2 is 2.19 bits per heavy atom. The maximum Gasteiger partial charge on any atom is 0.347 e. The van der Waals surface area contributed by atoms with E-state index >= 15 is 0 Å². The van der Waals surface area contributed by atoms with Crippen LogP contribution in [0.5, 0.6) is 5.75 Å². The Bertz CT molecular complexity index is 667. The summed E-state index contributed by atoms with van der Waals surface area (Å²) in [7, 11) is 1.39. The summed E-state index contributed by atoms with van der Waals surface area (Å²) in [6.07, 6.45) is 0.594. The lowest BCUT2D eigenvalue weighted by Gasteiger charge is -2.03. The molecule has 0 radical (unpaired) electrons. The Morgan fingerprint density at radius 3 is 2.76 bits per heavy atom. The van der Waals surface area contributed by atoms with Crippen LogP contribution in [0.4, 0.5) is 4.39 Å². The second-order valence-electron chi connectivity index (χ2n) is 5.05. The zero-order chi connectivity index (χ0) is 15.6. The van der Waals surface area contributed by atoms with E-state index in [1.165, 1.54) is 19.2 Å². The third-order valence-corrected chi connectivity index (χ3v) is 4.03. The van der Waals surface area contributed by atoms with Crippen molar-refractivity contribution in [2.75, 3.05) is 7.11 Å². The minimum atomic E-state index is -0.983. The highest BCUT2D eigenvalue weighted by molar-refractivity contribution is 7.17. The molecule has 112 valence electrons. The van der Waals surface area contributed by atoms with Gasteiger partial charge in [0.25, 0.3) is 0 Å². The highest BCUT2D eigenvalue weighted by atomic mass is 32.1. The van der Waals surface area contributed by atoms with Gasteiger partial charge in [-0.2, -0.15) is 0 Å². The molecule has 1 heterocycles. The molecule has 0 aliphatic heterocycles. The molecule has 2 rings (SSSR count). The monoisotopic (exact) mass is 309 g/mol. The van der Waals surface area contributed by atoms with Gasteiger partial charge in [0, 0.05) is 5.56 Å². The van der Waals surface area contributed by atoms with E-state index in [4.69, 9.17) is 4.74 Å². The molecule has 1 aromatic heterocycles. The fourth-order valence-corrected chi connectivity index (χ4v) is 2.89. The van der Waals surface area contributed by atoms with E-state index in [-0.39, 0.29) is 10.6 Å². The number of hydrogen-bond acceptors (Lipinski definition) is 4. The van der Waals surface area contributed by atoms with Crippen molar-refractivity contribution in [1.82, 2.24) is 4.98 Å². The zero-order valence-electron chi connectivity index (χ0n) is 12.0. The number of aromatic carboxylic acids is 1. The average molecular weight is 309 g/mol. The largest absolute Gasteiger partial charge is 0.494 e. The lowest BCUT2D eigenvalue weighted by Crippen LogP contribution is -2.02. The molecule has 0 aliphatic rings. The summed E-state index contributed by atoms with van der Waals surface area (Å²) >= 11 is 1.10. The van der Waals surface area contributed by atoms with Gasteiger partial charge in [0.05, 0.1) is 12.8 Å². The molecule has 0 atom stereocenters. The molecule has 2 aromatic rings. The van der Waals surface area contributed by atoms with Crippen LogP contribution >= 0.6 is 11.3 Å². The van der Waals surface area contributed by atoms with Crippen LogP contribution in [0.25, 0.3) is 10.6 Å². The topological polar surface area (TPSA) is 59.4 Å². The van der Waals surface area contributed by atoms with E-state index in [1.54, 1.807) is 6.07 Å². The van der Waals surface area contributed by atoms with Gasteiger partial charge in [-0.15, -0.1) is 11.3 Å². The maximum absolute atomic E-state index is 13.4. The van der Waals surface area contributed by atoms with Crippen LogP contribution in [0.1, 0.15) is 29.2 Å². The van der Waals surface area contributed by atoms with Crippen molar-refractivity contribution in [2.24, 2.45) is 5.92 Å². The second kappa shape index (κ2) is 6.22. The quantitative estimate of drug-likeness (QED) is 0.911.